The highest BCUT2D eigenvalue weighted by molar-refractivity contribution is 5.92. The number of rotatable bonds is 7. The first-order chi connectivity index (χ1) is 13.8. The Morgan fingerprint density at radius 2 is 1.55 bits per heavy atom. The lowest BCUT2D eigenvalue weighted by molar-refractivity contribution is -0.127. The summed E-state index contributed by atoms with van der Waals surface area (Å²) in [7, 11) is 1.76. The van der Waals surface area contributed by atoms with Crippen LogP contribution in [0.3, 0.4) is 0 Å². The second-order valence-corrected chi connectivity index (χ2v) is 9.80. The van der Waals surface area contributed by atoms with Gasteiger partial charge in [-0.2, -0.15) is 0 Å². The number of amides is 2. The summed E-state index contributed by atoms with van der Waals surface area (Å²) in [4.78, 5) is 26.5. The van der Waals surface area contributed by atoms with Crippen molar-refractivity contribution in [3.05, 3.63) is 30.1 Å². The molecule has 4 saturated carbocycles. The minimum atomic E-state index is -0.343. The molecular formula is C23H32FN3O2. The minimum absolute atomic E-state index is 0.0228. The number of halogens is 1. The van der Waals surface area contributed by atoms with Gasteiger partial charge in [0.05, 0.1) is 13.1 Å². The standard InChI is InChI=1S/C23H32FN3O2/c1-15(23-10-16-7-17(11-23)9-18(8-16)12-23)25-21(28)13-27(2)14-22(29)26-20-5-3-19(24)4-6-20/h3-6,15-18H,7-14H2,1-2H3,(H,25,28)(H,26,29)/t15-,16?,17?,18?,23?/m1/s1. The molecule has 1 aromatic rings. The van der Waals surface area contributed by atoms with Gasteiger partial charge in [-0.05, 0) is 99.9 Å². The molecule has 0 aliphatic heterocycles. The van der Waals surface area contributed by atoms with Crippen LogP contribution in [0.15, 0.2) is 24.3 Å². The van der Waals surface area contributed by atoms with E-state index in [1.165, 1.54) is 62.8 Å². The normalized spacial score (nSPS) is 31.0. The number of benzene rings is 1. The molecule has 1 atom stereocenters. The van der Waals surface area contributed by atoms with Crippen LogP contribution in [0.5, 0.6) is 0 Å². The summed E-state index contributed by atoms with van der Waals surface area (Å²) in [5.74, 6) is 1.99. The molecule has 5 rings (SSSR count). The third-order valence-electron chi connectivity index (χ3n) is 7.34. The first kappa shape index (κ1) is 20.3. The molecule has 4 aliphatic rings. The van der Waals surface area contributed by atoms with Crippen LogP contribution < -0.4 is 10.6 Å². The summed E-state index contributed by atoms with van der Waals surface area (Å²) in [6.07, 6.45) is 7.96. The lowest BCUT2D eigenvalue weighted by atomic mass is 9.48. The zero-order valence-electron chi connectivity index (χ0n) is 17.4. The highest BCUT2D eigenvalue weighted by atomic mass is 19.1. The summed E-state index contributed by atoms with van der Waals surface area (Å²) < 4.78 is 13.0. The van der Waals surface area contributed by atoms with E-state index in [-0.39, 0.29) is 42.2 Å². The molecule has 0 heterocycles. The third kappa shape index (κ3) is 4.63. The SMILES string of the molecule is C[C@@H](NC(=O)CN(C)CC(=O)Nc1ccc(F)cc1)C12CC3CC(CC(C3)C1)C2. The topological polar surface area (TPSA) is 61.4 Å². The van der Waals surface area contributed by atoms with Gasteiger partial charge in [0.1, 0.15) is 5.82 Å². The molecule has 0 unspecified atom stereocenters. The van der Waals surface area contributed by atoms with E-state index in [0.29, 0.717) is 5.69 Å². The number of anilines is 1. The van der Waals surface area contributed by atoms with Gasteiger partial charge < -0.3 is 10.6 Å². The molecule has 0 saturated heterocycles. The van der Waals surface area contributed by atoms with Crippen LogP contribution in [0.2, 0.25) is 0 Å². The number of hydrogen-bond donors (Lipinski definition) is 2. The summed E-state index contributed by atoms with van der Waals surface area (Å²) in [5.41, 5.74) is 0.827. The number of nitrogens with one attached hydrogen (secondary N) is 2. The highest BCUT2D eigenvalue weighted by Crippen LogP contribution is 2.61. The van der Waals surface area contributed by atoms with Crippen molar-refractivity contribution < 1.29 is 14.0 Å². The van der Waals surface area contributed by atoms with Crippen LogP contribution in [0, 0.1) is 29.0 Å². The van der Waals surface area contributed by atoms with E-state index in [9.17, 15) is 14.0 Å². The summed E-state index contributed by atoms with van der Waals surface area (Å²) in [6, 6.07) is 5.84. The molecule has 0 radical (unpaired) electrons. The van der Waals surface area contributed by atoms with Crippen LogP contribution in [0.25, 0.3) is 0 Å². The molecule has 6 heteroatoms. The average molecular weight is 402 g/mol. The van der Waals surface area contributed by atoms with Crippen molar-refractivity contribution in [1.29, 1.82) is 0 Å². The zero-order valence-corrected chi connectivity index (χ0v) is 17.4. The van der Waals surface area contributed by atoms with Crippen LogP contribution >= 0.6 is 0 Å². The van der Waals surface area contributed by atoms with Gasteiger partial charge in [-0.15, -0.1) is 0 Å². The number of carbonyl (C=O) groups is 2. The second-order valence-electron chi connectivity index (χ2n) is 9.80. The molecule has 29 heavy (non-hydrogen) atoms. The van der Waals surface area contributed by atoms with Crippen molar-refractivity contribution in [2.75, 3.05) is 25.5 Å². The zero-order chi connectivity index (χ0) is 20.6. The Hall–Kier alpha value is -1.95. The Kier molecular flexibility index (Phi) is 5.65. The Balaban J connectivity index is 1.25. The van der Waals surface area contributed by atoms with Crippen LogP contribution in [-0.2, 0) is 9.59 Å². The van der Waals surface area contributed by atoms with Crippen LogP contribution in [0.4, 0.5) is 10.1 Å². The van der Waals surface area contributed by atoms with E-state index in [2.05, 4.69) is 17.6 Å². The maximum atomic E-state index is 13.0. The second kappa shape index (κ2) is 8.05. The van der Waals surface area contributed by atoms with Crippen molar-refractivity contribution in [3.8, 4) is 0 Å². The Morgan fingerprint density at radius 3 is 2.10 bits per heavy atom. The Labute approximate surface area is 172 Å². The fourth-order valence-corrected chi connectivity index (χ4v) is 6.43. The Bertz CT molecular complexity index is 729. The first-order valence-corrected chi connectivity index (χ1v) is 10.8. The van der Waals surface area contributed by atoms with Gasteiger partial charge in [0.2, 0.25) is 11.8 Å². The van der Waals surface area contributed by atoms with E-state index >= 15 is 0 Å². The van der Waals surface area contributed by atoms with E-state index in [0.717, 1.165) is 17.8 Å². The molecule has 4 fully saturated rings. The highest BCUT2D eigenvalue weighted by Gasteiger charge is 2.53. The molecule has 5 nitrogen and oxygen atoms in total. The lowest BCUT2D eigenvalue weighted by Crippen LogP contribution is -2.56. The largest absolute Gasteiger partial charge is 0.352 e. The van der Waals surface area contributed by atoms with Crippen molar-refractivity contribution >= 4 is 17.5 Å². The molecule has 4 aliphatic carbocycles. The van der Waals surface area contributed by atoms with E-state index in [1.807, 2.05) is 0 Å². The van der Waals surface area contributed by atoms with Crippen LogP contribution in [-0.4, -0.2) is 42.9 Å². The van der Waals surface area contributed by atoms with Gasteiger partial charge in [0.25, 0.3) is 0 Å². The number of hydrogen-bond acceptors (Lipinski definition) is 3. The molecule has 158 valence electrons. The monoisotopic (exact) mass is 401 g/mol. The van der Waals surface area contributed by atoms with Gasteiger partial charge in [0, 0.05) is 11.7 Å². The fourth-order valence-electron chi connectivity index (χ4n) is 6.43. The minimum Gasteiger partial charge on any atom is -0.352 e. The first-order valence-electron chi connectivity index (χ1n) is 10.8. The number of nitrogens with zero attached hydrogens (tertiary/aromatic N) is 1. The predicted octanol–water partition coefficient (Wildman–Crippen LogP) is 3.42. The molecule has 0 spiro atoms. The Morgan fingerprint density at radius 1 is 1.03 bits per heavy atom. The smallest absolute Gasteiger partial charge is 0.238 e. The lowest BCUT2D eigenvalue weighted by Gasteiger charge is -2.59. The van der Waals surface area contributed by atoms with Gasteiger partial charge in [-0.3, -0.25) is 14.5 Å². The predicted molar refractivity (Wildman–Crippen MR) is 111 cm³/mol. The van der Waals surface area contributed by atoms with Gasteiger partial charge in [0.15, 0.2) is 0 Å². The third-order valence-corrected chi connectivity index (χ3v) is 7.34. The molecular weight excluding hydrogens is 369 g/mol. The van der Waals surface area contributed by atoms with E-state index < -0.39 is 0 Å². The fraction of sp³-hybridized carbons (Fsp3) is 0.652. The summed E-state index contributed by atoms with van der Waals surface area (Å²) >= 11 is 0. The maximum Gasteiger partial charge on any atom is 0.238 e. The van der Waals surface area contributed by atoms with Crippen molar-refractivity contribution in [1.82, 2.24) is 10.2 Å². The maximum absolute atomic E-state index is 13.0. The van der Waals surface area contributed by atoms with E-state index in [4.69, 9.17) is 0 Å². The molecule has 0 aromatic heterocycles. The average Bonchev–Trinajstić information content (AvgIpc) is 2.62. The van der Waals surface area contributed by atoms with Crippen molar-refractivity contribution in [3.63, 3.8) is 0 Å². The molecule has 1 aromatic carbocycles. The summed E-state index contributed by atoms with van der Waals surface area (Å²) in [6.45, 7) is 2.47. The van der Waals surface area contributed by atoms with Crippen molar-refractivity contribution in [2.45, 2.75) is 51.5 Å². The number of carbonyl (C=O) groups excluding carboxylic acids is 2. The summed E-state index contributed by atoms with van der Waals surface area (Å²) in [5, 5.41) is 5.97. The molecule has 2 amide bonds. The van der Waals surface area contributed by atoms with Crippen molar-refractivity contribution in [2.24, 2.45) is 23.2 Å². The quantitative estimate of drug-likeness (QED) is 0.736. The van der Waals surface area contributed by atoms with Gasteiger partial charge in [-0.25, -0.2) is 4.39 Å². The number of likely N-dealkylation sites (N-methyl/N-ethyl adjacent to an activating group) is 1. The van der Waals surface area contributed by atoms with Gasteiger partial charge >= 0.3 is 0 Å². The molecule has 2 N–H and O–H groups in total. The van der Waals surface area contributed by atoms with Gasteiger partial charge in [-0.1, -0.05) is 0 Å². The van der Waals surface area contributed by atoms with E-state index in [1.54, 1.807) is 11.9 Å². The van der Waals surface area contributed by atoms with Crippen LogP contribution in [0.1, 0.15) is 45.4 Å². The molecule has 4 bridgehead atoms.